The number of allylic oxidation sites excluding steroid dienone is 1. The average Bonchev–Trinajstić information content (AvgIpc) is 2.36. The van der Waals surface area contributed by atoms with Crippen LogP contribution in [0, 0.1) is 6.92 Å². The van der Waals surface area contributed by atoms with Crippen LogP contribution in [0.1, 0.15) is 18.9 Å². The second-order valence-electron chi connectivity index (χ2n) is 3.93. The first-order valence-corrected chi connectivity index (χ1v) is 6.28. The summed E-state index contributed by atoms with van der Waals surface area (Å²) in [5, 5.41) is 3.28. The van der Waals surface area contributed by atoms with E-state index >= 15 is 0 Å². The maximum Gasteiger partial charge on any atom is 0.257 e. The topological polar surface area (TPSA) is 38.3 Å². The lowest BCUT2D eigenvalue weighted by atomic mass is 10.2. The summed E-state index contributed by atoms with van der Waals surface area (Å²) in [6.07, 6.45) is 4.78. The molecule has 0 bridgehead atoms. The third-order valence-corrected chi connectivity index (χ3v) is 2.63. The van der Waals surface area contributed by atoms with Gasteiger partial charge in [0.25, 0.3) is 5.91 Å². The Morgan fingerprint density at radius 2 is 2.28 bits per heavy atom. The largest absolute Gasteiger partial charge is 0.482 e. The molecule has 0 unspecified atom stereocenters. The summed E-state index contributed by atoms with van der Waals surface area (Å²) in [5.41, 5.74) is 1.04. The van der Waals surface area contributed by atoms with Gasteiger partial charge in [-0.2, -0.15) is 0 Å². The van der Waals surface area contributed by atoms with Gasteiger partial charge < -0.3 is 10.1 Å². The molecular formula is C14H18ClNO2. The molecule has 0 atom stereocenters. The van der Waals surface area contributed by atoms with E-state index in [9.17, 15) is 4.79 Å². The molecule has 1 amide bonds. The Morgan fingerprint density at radius 1 is 1.50 bits per heavy atom. The zero-order valence-electron chi connectivity index (χ0n) is 10.7. The molecule has 0 saturated carbocycles. The zero-order chi connectivity index (χ0) is 13.4. The number of amides is 1. The Hall–Kier alpha value is -1.48. The Balaban J connectivity index is 2.35. The van der Waals surface area contributed by atoms with Crippen LogP contribution >= 0.6 is 11.6 Å². The van der Waals surface area contributed by atoms with Crippen LogP contribution in [-0.4, -0.2) is 19.1 Å². The fourth-order valence-electron chi connectivity index (χ4n) is 1.38. The van der Waals surface area contributed by atoms with Crippen LogP contribution in [0.25, 0.3) is 0 Å². The van der Waals surface area contributed by atoms with E-state index in [0.29, 0.717) is 17.3 Å². The fourth-order valence-corrected chi connectivity index (χ4v) is 1.55. The van der Waals surface area contributed by atoms with Crippen LogP contribution in [0.15, 0.2) is 30.4 Å². The summed E-state index contributed by atoms with van der Waals surface area (Å²) in [5.74, 6) is 0.400. The van der Waals surface area contributed by atoms with Crippen LogP contribution in [0.5, 0.6) is 5.75 Å². The molecule has 3 nitrogen and oxygen atoms in total. The average molecular weight is 268 g/mol. The van der Waals surface area contributed by atoms with E-state index in [2.05, 4.69) is 5.32 Å². The molecule has 0 radical (unpaired) electrons. The number of rotatable bonds is 6. The first kappa shape index (κ1) is 14.6. The van der Waals surface area contributed by atoms with E-state index in [1.54, 1.807) is 6.07 Å². The Morgan fingerprint density at radius 3 is 3.00 bits per heavy atom. The van der Waals surface area contributed by atoms with Gasteiger partial charge in [-0.3, -0.25) is 4.79 Å². The van der Waals surface area contributed by atoms with Crippen LogP contribution in [0.4, 0.5) is 0 Å². The van der Waals surface area contributed by atoms with Gasteiger partial charge in [0.05, 0.1) is 5.02 Å². The molecule has 0 aromatic heterocycles. The zero-order valence-corrected chi connectivity index (χ0v) is 11.5. The second kappa shape index (κ2) is 7.77. The third kappa shape index (κ3) is 5.23. The van der Waals surface area contributed by atoms with Crippen LogP contribution in [0.2, 0.25) is 5.02 Å². The Kier molecular flexibility index (Phi) is 6.29. The summed E-state index contributed by atoms with van der Waals surface area (Å²) < 4.78 is 5.37. The molecular weight excluding hydrogens is 250 g/mol. The van der Waals surface area contributed by atoms with Crippen LogP contribution in [-0.2, 0) is 4.79 Å². The van der Waals surface area contributed by atoms with E-state index in [4.69, 9.17) is 16.3 Å². The highest BCUT2D eigenvalue weighted by Crippen LogP contribution is 2.24. The quantitative estimate of drug-likeness (QED) is 0.635. The minimum absolute atomic E-state index is 0.0149. The van der Waals surface area contributed by atoms with Crippen molar-refractivity contribution >= 4 is 17.5 Å². The Labute approximate surface area is 113 Å². The predicted octanol–water partition coefficient (Wildman–Crippen LogP) is 3.11. The molecule has 1 rings (SSSR count). The molecule has 18 heavy (non-hydrogen) atoms. The van der Waals surface area contributed by atoms with Crippen molar-refractivity contribution in [1.29, 1.82) is 0 Å². The lowest BCUT2D eigenvalue weighted by Gasteiger charge is -2.08. The van der Waals surface area contributed by atoms with E-state index < -0.39 is 0 Å². The lowest BCUT2D eigenvalue weighted by molar-refractivity contribution is -0.123. The van der Waals surface area contributed by atoms with Crippen molar-refractivity contribution in [2.24, 2.45) is 0 Å². The number of hydrogen-bond donors (Lipinski definition) is 1. The highest BCUT2D eigenvalue weighted by molar-refractivity contribution is 6.32. The number of nitrogens with one attached hydrogen (secondary N) is 1. The van der Waals surface area contributed by atoms with Crippen molar-refractivity contribution in [2.75, 3.05) is 13.2 Å². The fraction of sp³-hybridized carbons (Fsp3) is 0.357. The van der Waals surface area contributed by atoms with Gasteiger partial charge in [0.15, 0.2) is 6.61 Å². The molecule has 0 heterocycles. The van der Waals surface area contributed by atoms with Gasteiger partial charge in [-0.25, -0.2) is 0 Å². The minimum atomic E-state index is -0.142. The predicted molar refractivity (Wildman–Crippen MR) is 74.1 cm³/mol. The number of carbonyl (C=O) groups excluding carboxylic acids is 1. The summed E-state index contributed by atoms with van der Waals surface area (Å²) in [6.45, 7) is 4.50. The number of hydrogen-bond acceptors (Lipinski definition) is 2. The van der Waals surface area contributed by atoms with Gasteiger partial charge in [0, 0.05) is 6.54 Å². The molecule has 0 fully saturated rings. The molecule has 1 aromatic rings. The van der Waals surface area contributed by atoms with Crippen molar-refractivity contribution in [1.82, 2.24) is 5.32 Å². The van der Waals surface area contributed by atoms with Gasteiger partial charge in [-0.05, 0) is 38.0 Å². The molecule has 1 N–H and O–H groups in total. The standard InChI is InChI=1S/C14H18ClNO2/c1-3-4-5-8-16-14(17)10-18-13-9-11(2)6-7-12(13)15/h3-4,6-7,9H,5,8,10H2,1-2H3,(H,16,17)/b4-3+. The summed E-state index contributed by atoms with van der Waals surface area (Å²) in [6, 6.07) is 5.47. The van der Waals surface area contributed by atoms with Crippen molar-refractivity contribution < 1.29 is 9.53 Å². The van der Waals surface area contributed by atoms with E-state index in [0.717, 1.165) is 12.0 Å². The number of ether oxygens (including phenoxy) is 1. The first-order valence-electron chi connectivity index (χ1n) is 5.90. The monoisotopic (exact) mass is 267 g/mol. The highest BCUT2D eigenvalue weighted by atomic mass is 35.5. The maximum atomic E-state index is 11.5. The van der Waals surface area contributed by atoms with Crippen LogP contribution in [0.3, 0.4) is 0 Å². The molecule has 0 aliphatic heterocycles. The number of carbonyl (C=O) groups is 1. The van der Waals surface area contributed by atoms with Crippen molar-refractivity contribution in [3.05, 3.63) is 40.9 Å². The molecule has 98 valence electrons. The SMILES string of the molecule is C/C=C/CCNC(=O)COc1cc(C)ccc1Cl. The minimum Gasteiger partial charge on any atom is -0.482 e. The maximum absolute atomic E-state index is 11.5. The normalized spacial score (nSPS) is 10.6. The van der Waals surface area contributed by atoms with Crippen molar-refractivity contribution in [2.45, 2.75) is 20.3 Å². The molecule has 1 aromatic carbocycles. The van der Waals surface area contributed by atoms with E-state index in [1.807, 2.05) is 38.1 Å². The molecule has 0 aliphatic carbocycles. The lowest BCUT2D eigenvalue weighted by Crippen LogP contribution is -2.29. The molecule has 0 spiro atoms. The third-order valence-electron chi connectivity index (χ3n) is 2.31. The molecule has 0 saturated heterocycles. The molecule has 0 aliphatic rings. The van der Waals surface area contributed by atoms with E-state index in [-0.39, 0.29) is 12.5 Å². The number of halogens is 1. The number of benzene rings is 1. The summed E-state index contributed by atoms with van der Waals surface area (Å²) in [7, 11) is 0. The number of aryl methyl sites for hydroxylation is 1. The second-order valence-corrected chi connectivity index (χ2v) is 4.34. The van der Waals surface area contributed by atoms with Gasteiger partial charge in [0.2, 0.25) is 0 Å². The van der Waals surface area contributed by atoms with E-state index in [1.165, 1.54) is 0 Å². The smallest absolute Gasteiger partial charge is 0.257 e. The van der Waals surface area contributed by atoms with Gasteiger partial charge in [-0.1, -0.05) is 29.8 Å². The van der Waals surface area contributed by atoms with Crippen molar-refractivity contribution in [3.8, 4) is 5.75 Å². The molecule has 4 heteroatoms. The first-order chi connectivity index (χ1) is 8.63. The highest BCUT2D eigenvalue weighted by Gasteiger charge is 2.05. The van der Waals surface area contributed by atoms with Crippen LogP contribution < -0.4 is 10.1 Å². The van der Waals surface area contributed by atoms with Gasteiger partial charge >= 0.3 is 0 Å². The summed E-state index contributed by atoms with van der Waals surface area (Å²) in [4.78, 5) is 11.5. The van der Waals surface area contributed by atoms with Gasteiger partial charge in [-0.15, -0.1) is 0 Å². The van der Waals surface area contributed by atoms with Crippen molar-refractivity contribution in [3.63, 3.8) is 0 Å². The van der Waals surface area contributed by atoms with Gasteiger partial charge in [0.1, 0.15) is 5.75 Å². The summed E-state index contributed by atoms with van der Waals surface area (Å²) >= 11 is 5.96. The Bertz CT molecular complexity index is 430.